The van der Waals surface area contributed by atoms with Crippen molar-refractivity contribution in [3.63, 3.8) is 0 Å². The number of carbonyl (C=O) groups is 2. The molecule has 25 heavy (non-hydrogen) atoms. The molecule has 0 radical (unpaired) electrons. The molecule has 7 nitrogen and oxygen atoms in total. The van der Waals surface area contributed by atoms with Crippen LogP contribution in [0.1, 0.15) is 18.4 Å². The van der Waals surface area contributed by atoms with E-state index in [-0.39, 0.29) is 11.9 Å². The highest BCUT2D eigenvalue weighted by atomic mass is 16.5. The van der Waals surface area contributed by atoms with Gasteiger partial charge in [0, 0.05) is 31.7 Å². The van der Waals surface area contributed by atoms with Gasteiger partial charge in [-0.1, -0.05) is 12.1 Å². The zero-order valence-corrected chi connectivity index (χ0v) is 14.4. The molecule has 2 aromatic rings. The van der Waals surface area contributed by atoms with Crippen LogP contribution in [-0.4, -0.2) is 48.6 Å². The van der Waals surface area contributed by atoms with Crippen molar-refractivity contribution in [3.8, 4) is 5.75 Å². The molecule has 1 unspecified atom stereocenters. The summed E-state index contributed by atoms with van der Waals surface area (Å²) < 4.78 is 5.35. The molecule has 1 aliphatic heterocycles. The van der Waals surface area contributed by atoms with Crippen molar-refractivity contribution in [1.29, 1.82) is 0 Å². The van der Waals surface area contributed by atoms with E-state index >= 15 is 0 Å². The van der Waals surface area contributed by atoms with Crippen molar-refractivity contribution in [2.24, 2.45) is 0 Å². The second-order valence-electron chi connectivity index (χ2n) is 6.12. The first-order valence-electron chi connectivity index (χ1n) is 8.30. The van der Waals surface area contributed by atoms with E-state index in [1.54, 1.807) is 25.3 Å². The molecule has 1 saturated heterocycles. The van der Waals surface area contributed by atoms with Crippen LogP contribution in [0.2, 0.25) is 0 Å². The Balaban J connectivity index is 1.74. The van der Waals surface area contributed by atoms with Gasteiger partial charge in [0.1, 0.15) is 17.3 Å². The third-order valence-corrected chi connectivity index (χ3v) is 4.38. The monoisotopic (exact) mass is 342 g/mol. The Hall–Kier alpha value is -2.83. The van der Waals surface area contributed by atoms with Gasteiger partial charge < -0.3 is 20.3 Å². The van der Waals surface area contributed by atoms with E-state index in [0.717, 1.165) is 22.9 Å². The summed E-state index contributed by atoms with van der Waals surface area (Å²) in [7, 11) is 3.32. The Kier molecular flexibility index (Phi) is 5.02. The average molecular weight is 342 g/mol. The molecule has 1 aliphatic rings. The van der Waals surface area contributed by atoms with Crippen LogP contribution in [-0.2, 0) is 11.3 Å². The minimum absolute atomic E-state index is 0.118. The molecule has 1 aromatic carbocycles. The molecule has 3 amide bonds. The highest BCUT2D eigenvalue weighted by Gasteiger charge is 2.25. The lowest BCUT2D eigenvalue weighted by molar-refractivity contribution is -0.124. The van der Waals surface area contributed by atoms with Crippen LogP contribution in [0.4, 0.5) is 4.79 Å². The van der Waals surface area contributed by atoms with Gasteiger partial charge in [0.05, 0.1) is 7.11 Å². The fourth-order valence-corrected chi connectivity index (χ4v) is 3.00. The van der Waals surface area contributed by atoms with Crippen molar-refractivity contribution >= 4 is 22.8 Å². The first kappa shape index (κ1) is 17.0. The number of ether oxygens (including phenoxy) is 1. The smallest absolute Gasteiger partial charge is 0.318 e. The van der Waals surface area contributed by atoms with E-state index < -0.39 is 6.04 Å². The second-order valence-corrected chi connectivity index (χ2v) is 6.12. The second kappa shape index (κ2) is 7.38. The summed E-state index contributed by atoms with van der Waals surface area (Å²) in [5.74, 6) is 0.581. The van der Waals surface area contributed by atoms with E-state index in [1.807, 2.05) is 24.3 Å². The summed E-state index contributed by atoms with van der Waals surface area (Å²) in [4.78, 5) is 30.1. The maximum Gasteiger partial charge on any atom is 0.318 e. The van der Waals surface area contributed by atoms with Gasteiger partial charge in [-0.25, -0.2) is 4.79 Å². The minimum Gasteiger partial charge on any atom is -0.494 e. The Morgan fingerprint density at radius 1 is 1.44 bits per heavy atom. The molecule has 0 bridgehead atoms. The number of benzene rings is 1. The molecule has 0 aliphatic carbocycles. The number of amides is 3. The van der Waals surface area contributed by atoms with Crippen LogP contribution >= 0.6 is 0 Å². The van der Waals surface area contributed by atoms with Gasteiger partial charge in [-0.15, -0.1) is 0 Å². The number of nitrogens with zero attached hydrogens (tertiary/aromatic N) is 2. The van der Waals surface area contributed by atoms with Gasteiger partial charge in [-0.3, -0.25) is 9.78 Å². The number of carbonyl (C=O) groups excluding carboxylic acids is 2. The molecule has 2 heterocycles. The third-order valence-electron chi connectivity index (χ3n) is 4.38. The molecule has 1 atom stereocenters. The quantitative estimate of drug-likeness (QED) is 0.885. The van der Waals surface area contributed by atoms with Crippen LogP contribution in [0.3, 0.4) is 0 Å². The fourth-order valence-electron chi connectivity index (χ4n) is 3.00. The van der Waals surface area contributed by atoms with Gasteiger partial charge in [0.2, 0.25) is 5.91 Å². The van der Waals surface area contributed by atoms with Crippen molar-refractivity contribution in [2.45, 2.75) is 25.4 Å². The van der Waals surface area contributed by atoms with E-state index in [4.69, 9.17) is 4.74 Å². The number of methoxy groups -OCH3 is 1. The molecular weight excluding hydrogens is 320 g/mol. The van der Waals surface area contributed by atoms with Crippen LogP contribution in [0.5, 0.6) is 5.75 Å². The first-order valence-corrected chi connectivity index (χ1v) is 8.30. The van der Waals surface area contributed by atoms with Crippen LogP contribution in [0.25, 0.3) is 10.9 Å². The summed E-state index contributed by atoms with van der Waals surface area (Å²) in [6.07, 6.45) is 3.25. The van der Waals surface area contributed by atoms with E-state index in [1.165, 1.54) is 0 Å². The number of aromatic nitrogens is 1. The van der Waals surface area contributed by atoms with Gasteiger partial charge in [0.15, 0.2) is 0 Å². The molecule has 1 aromatic heterocycles. The highest BCUT2D eigenvalue weighted by Crippen LogP contribution is 2.27. The Bertz CT molecular complexity index is 793. The number of urea groups is 1. The maximum atomic E-state index is 12.4. The lowest BCUT2D eigenvalue weighted by Gasteiger charge is -2.26. The zero-order valence-electron chi connectivity index (χ0n) is 14.4. The fraction of sp³-hybridized carbons (Fsp3) is 0.389. The van der Waals surface area contributed by atoms with Crippen molar-refractivity contribution < 1.29 is 14.3 Å². The van der Waals surface area contributed by atoms with Gasteiger partial charge >= 0.3 is 6.03 Å². The Labute approximate surface area is 146 Å². The molecule has 1 fully saturated rings. The SMILES string of the molecule is COc1ccc(CN(C)C(=O)NC2CCCNC2=O)c2cccnc12. The number of piperidine rings is 1. The lowest BCUT2D eigenvalue weighted by Crippen LogP contribution is -2.52. The standard InChI is InChI=1S/C18H22N4O3/c1-22(18(24)21-14-6-4-10-20-17(14)23)11-12-7-8-15(25-2)16-13(12)5-3-9-19-16/h3,5,7-9,14H,4,6,10-11H2,1-2H3,(H,20,23)(H,21,24). The molecular formula is C18H22N4O3. The third kappa shape index (κ3) is 3.65. The molecule has 132 valence electrons. The number of nitrogens with one attached hydrogen (secondary N) is 2. The molecule has 3 rings (SSSR count). The minimum atomic E-state index is -0.460. The van der Waals surface area contributed by atoms with Crippen molar-refractivity contribution in [2.75, 3.05) is 20.7 Å². The zero-order chi connectivity index (χ0) is 17.8. The molecule has 7 heteroatoms. The summed E-state index contributed by atoms with van der Waals surface area (Å²) >= 11 is 0. The van der Waals surface area contributed by atoms with E-state index in [2.05, 4.69) is 15.6 Å². The maximum absolute atomic E-state index is 12.4. The number of fused-ring (bicyclic) bond motifs is 1. The predicted octanol–water partition coefficient (Wildman–Crippen LogP) is 1.66. The number of hydrogen-bond acceptors (Lipinski definition) is 4. The Morgan fingerprint density at radius 3 is 3.04 bits per heavy atom. The normalized spacial score (nSPS) is 17.0. The van der Waals surface area contributed by atoms with Crippen LogP contribution in [0.15, 0.2) is 30.5 Å². The van der Waals surface area contributed by atoms with Gasteiger partial charge in [-0.05, 0) is 30.5 Å². The predicted molar refractivity (Wildman–Crippen MR) is 94.3 cm³/mol. The molecule has 0 saturated carbocycles. The van der Waals surface area contributed by atoms with E-state index in [9.17, 15) is 9.59 Å². The lowest BCUT2D eigenvalue weighted by atomic mass is 10.1. The molecule has 2 N–H and O–H groups in total. The molecule has 0 spiro atoms. The topological polar surface area (TPSA) is 83.6 Å². The van der Waals surface area contributed by atoms with Crippen molar-refractivity contribution in [1.82, 2.24) is 20.5 Å². The average Bonchev–Trinajstić information content (AvgIpc) is 2.63. The number of rotatable bonds is 4. The summed E-state index contributed by atoms with van der Waals surface area (Å²) in [6, 6.07) is 6.87. The summed E-state index contributed by atoms with van der Waals surface area (Å²) in [6.45, 7) is 1.08. The van der Waals surface area contributed by atoms with Crippen LogP contribution in [0, 0.1) is 0 Å². The first-order chi connectivity index (χ1) is 12.1. The van der Waals surface area contributed by atoms with Crippen LogP contribution < -0.4 is 15.4 Å². The summed E-state index contributed by atoms with van der Waals surface area (Å²) in [5, 5.41) is 6.50. The van der Waals surface area contributed by atoms with Crippen molar-refractivity contribution in [3.05, 3.63) is 36.0 Å². The highest BCUT2D eigenvalue weighted by molar-refractivity contribution is 5.89. The van der Waals surface area contributed by atoms with Gasteiger partial charge in [-0.2, -0.15) is 0 Å². The number of pyridine rings is 1. The largest absolute Gasteiger partial charge is 0.494 e. The summed E-state index contributed by atoms with van der Waals surface area (Å²) in [5.41, 5.74) is 1.73. The number of hydrogen-bond donors (Lipinski definition) is 2. The van der Waals surface area contributed by atoms with Gasteiger partial charge in [0.25, 0.3) is 0 Å². The van der Waals surface area contributed by atoms with E-state index in [0.29, 0.717) is 25.3 Å². The Morgan fingerprint density at radius 2 is 2.28 bits per heavy atom.